The van der Waals surface area contributed by atoms with Gasteiger partial charge in [0.25, 0.3) is 5.91 Å². The van der Waals surface area contributed by atoms with Gasteiger partial charge in [0.2, 0.25) is 10.0 Å². The monoisotopic (exact) mass is 553 g/mol. The van der Waals surface area contributed by atoms with Crippen LogP contribution in [0.15, 0.2) is 41.3 Å². The third kappa shape index (κ3) is 6.43. The van der Waals surface area contributed by atoms with Crippen molar-refractivity contribution in [3.8, 4) is 5.75 Å². The Morgan fingerprint density at radius 2 is 1.71 bits per heavy atom. The van der Waals surface area contributed by atoms with Crippen molar-refractivity contribution < 1.29 is 31.1 Å². The molecule has 38 heavy (non-hydrogen) atoms. The lowest BCUT2D eigenvalue weighted by Gasteiger charge is -2.31. The van der Waals surface area contributed by atoms with Crippen molar-refractivity contribution in [2.24, 2.45) is 5.92 Å². The molecule has 2 atom stereocenters. The SMILES string of the molecule is COc1ccc(C(=O)Nc2cc(C(F)(F)F)ccc2N2CCCCC2)cc1S(=O)(=O)N[C@H]1CCCC[C@@H]1C. The number of nitrogens with one attached hydrogen (secondary N) is 2. The maximum absolute atomic E-state index is 13.5. The number of nitrogens with zero attached hydrogens (tertiary/aromatic N) is 1. The van der Waals surface area contributed by atoms with Crippen LogP contribution in [0.3, 0.4) is 0 Å². The van der Waals surface area contributed by atoms with Crippen molar-refractivity contribution in [1.29, 1.82) is 0 Å². The smallest absolute Gasteiger partial charge is 0.416 e. The van der Waals surface area contributed by atoms with Gasteiger partial charge in [0.05, 0.1) is 24.0 Å². The molecule has 1 saturated carbocycles. The Labute approximate surface area is 221 Å². The number of hydrogen-bond acceptors (Lipinski definition) is 5. The van der Waals surface area contributed by atoms with E-state index < -0.39 is 27.7 Å². The van der Waals surface area contributed by atoms with Gasteiger partial charge in [-0.2, -0.15) is 13.2 Å². The number of carbonyl (C=O) groups excluding carboxylic acids is 1. The highest BCUT2D eigenvalue weighted by Gasteiger charge is 2.32. The van der Waals surface area contributed by atoms with Gasteiger partial charge in [0, 0.05) is 24.7 Å². The van der Waals surface area contributed by atoms with E-state index in [1.54, 1.807) is 0 Å². The number of sulfonamides is 1. The molecular weight excluding hydrogens is 519 g/mol. The summed E-state index contributed by atoms with van der Waals surface area (Å²) in [5.74, 6) is -0.469. The van der Waals surface area contributed by atoms with Crippen molar-refractivity contribution in [2.75, 3.05) is 30.4 Å². The number of methoxy groups -OCH3 is 1. The van der Waals surface area contributed by atoms with Crippen LogP contribution in [0.2, 0.25) is 0 Å². The van der Waals surface area contributed by atoms with Gasteiger partial charge in [-0.05, 0) is 74.4 Å². The molecule has 208 valence electrons. The third-order valence-corrected chi connectivity index (χ3v) is 8.91. The van der Waals surface area contributed by atoms with Crippen LogP contribution in [0.1, 0.15) is 67.8 Å². The summed E-state index contributed by atoms with van der Waals surface area (Å²) in [4.78, 5) is 15.0. The normalized spacial score (nSPS) is 20.7. The number of halogens is 3. The number of rotatable bonds is 7. The van der Waals surface area contributed by atoms with Crippen LogP contribution < -0.4 is 19.7 Å². The first-order chi connectivity index (χ1) is 18.0. The first-order valence-corrected chi connectivity index (χ1v) is 14.5. The lowest BCUT2D eigenvalue weighted by Crippen LogP contribution is -2.41. The third-order valence-electron chi connectivity index (χ3n) is 7.40. The molecule has 1 aliphatic heterocycles. The second-order valence-corrected chi connectivity index (χ2v) is 11.8. The second-order valence-electron chi connectivity index (χ2n) is 10.1. The van der Waals surface area contributed by atoms with E-state index in [9.17, 15) is 26.4 Å². The summed E-state index contributed by atoms with van der Waals surface area (Å²) in [5, 5.41) is 2.60. The van der Waals surface area contributed by atoms with Crippen molar-refractivity contribution in [3.63, 3.8) is 0 Å². The molecule has 7 nitrogen and oxygen atoms in total. The van der Waals surface area contributed by atoms with E-state index in [1.165, 1.54) is 31.4 Å². The fraction of sp³-hybridized carbons (Fsp3) is 0.519. The van der Waals surface area contributed by atoms with E-state index in [-0.39, 0.29) is 33.9 Å². The summed E-state index contributed by atoms with van der Waals surface area (Å²) < 4.78 is 75.1. The van der Waals surface area contributed by atoms with Crippen molar-refractivity contribution in [3.05, 3.63) is 47.5 Å². The summed E-state index contributed by atoms with van der Waals surface area (Å²) in [6.07, 6.45) is 1.88. The molecule has 4 rings (SSSR count). The number of amides is 1. The Kier molecular flexibility index (Phi) is 8.56. The highest BCUT2D eigenvalue weighted by atomic mass is 32.2. The highest BCUT2D eigenvalue weighted by molar-refractivity contribution is 7.89. The zero-order valence-electron chi connectivity index (χ0n) is 21.6. The van der Waals surface area contributed by atoms with Gasteiger partial charge < -0.3 is 15.0 Å². The maximum Gasteiger partial charge on any atom is 0.416 e. The van der Waals surface area contributed by atoms with Crippen LogP contribution in [0.4, 0.5) is 24.5 Å². The fourth-order valence-corrected chi connectivity index (χ4v) is 6.77. The molecule has 0 bridgehead atoms. The molecule has 2 aromatic carbocycles. The molecule has 2 aliphatic rings. The molecule has 0 aromatic heterocycles. The number of benzene rings is 2. The van der Waals surface area contributed by atoms with E-state index in [4.69, 9.17) is 4.74 Å². The van der Waals surface area contributed by atoms with E-state index in [0.29, 0.717) is 18.8 Å². The van der Waals surface area contributed by atoms with Gasteiger partial charge >= 0.3 is 6.18 Å². The van der Waals surface area contributed by atoms with Gasteiger partial charge in [-0.15, -0.1) is 0 Å². The standard InChI is InChI=1S/C27H34F3N3O4S/c1-18-8-4-5-9-21(18)32-38(35,36)25-16-19(10-13-24(25)37-2)26(34)31-22-17-20(27(28,29)30)11-12-23(22)33-14-6-3-7-15-33/h10-13,16-18,21,32H,3-9,14-15H2,1-2H3,(H,31,34)/t18-,21-/m0/s1. The van der Waals surface area contributed by atoms with Crippen LogP contribution in [0, 0.1) is 5.92 Å². The Morgan fingerprint density at radius 1 is 1.00 bits per heavy atom. The Hall–Kier alpha value is -2.79. The van der Waals surface area contributed by atoms with E-state index in [1.807, 2.05) is 11.8 Å². The van der Waals surface area contributed by atoms with Crippen molar-refractivity contribution in [1.82, 2.24) is 4.72 Å². The predicted octanol–water partition coefficient (Wildman–Crippen LogP) is 5.81. The van der Waals surface area contributed by atoms with Crippen LogP contribution in [-0.2, 0) is 16.2 Å². The molecule has 2 fully saturated rings. The number of ether oxygens (including phenoxy) is 1. The van der Waals surface area contributed by atoms with Crippen LogP contribution >= 0.6 is 0 Å². The minimum atomic E-state index is -4.58. The lowest BCUT2D eigenvalue weighted by atomic mass is 9.87. The highest BCUT2D eigenvalue weighted by Crippen LogP contribution is 2.37. The molecule has 0 radical (unpaired) electrons. The van der Waals surface area contributed by atoms with E-state index in [0.717, 1.165) is 57.1 Å². The topological polar surface area (TPSA) is 87.7 Å². The van der Waals surface area contributed by atoms with Crippen molar-refractivity contribution in [2.45, 2.75) is 69.0 Å². The molecular formula is C27H34F3N3O4S. The van der Waals surface area contributed by atoms with Crippen LogP contribution in [0.5, 0.6) is 5.75 Å². The molecule has 1 aliphatic carbocycles. The second kappa shape index (κ2) is 11.5. The maximum atomic E-state index is 13.5. The van der Waals surface area contributed by atoms with Gasteiger partial charge in [-0.3, -0.25) is 4.79 Å². The number of hydrogen-bond donors (Lipinski definition) is 2. The molecule has 1 saturated heterocycles. The number of carbonyl (C=O) groups is 1. The van der Waals surface area contributed by atoms with Crippen molar-refractivity contribution >= 4 is 27.3 Å². The number of alkyl halides is 3. The average molecular weight is 554 g/mol. The summed E-state index contributed by atoms with van der Waals surface area (Å²) in [5.41, 5.74) is -0.358. The predicted molar refractivity (Wildman–Crippen MR) is 140 cm³/mol. The molecule has 0 unspecified atom stereocenters. The largest absolute Gasteiger partial charge is 0.495 e. The molecule has 0 spiro atoms. The summed E-state index contributed by atoms with van der Waals surface area (Å²) in [6.45, 7) is 3.34. The number of piperidine rings is 1. The van der Waals surface area contributed by atoms with E-state index >= 15 is 0 Å². The zero-order chi connectivity index (χ0) is 27.5. The minimum Gasteiger partial charge on any atom is -0.495 e. The molecule has 1 amide bonds. The quantitative estimate of drug-likeness (QED) is 0.452. The number of anilines is 2. The molecule has 1 heterocycles. The minimum absolute atomic E-state index is 0.00938. The Balaban J connectivity index is 1.64. The van der Waals surface area contributed by atoms with Gasteiger partial charge in [-0.1, -0.05) is 19.8 Å². The van der Waals surface area contributed by atoms with Crippen LogP contribution in [0.25, 0.3) is 0 Å². The first-order valence-electron chi connectivity index (χ1n) is 13.0. The summed E-state index contributed by atoms with van der Waals surface area (Å²) >= 11 is 0. The Bertz CT molecular complexity index is 1260. The lowest BCUT2D eigenvalue weighted by molar-refractivity contribution is -0.137. The van der Waals surface area contributed by atoms with E-state index in [2.05, 4.69) is 10.0 Å². The first kappa shape index (κ1) is 28.2. The summed E-state index contributed by atoms with van der Waals surface area (Å²) in [6, 6.07) is 7.06. The average Bonchev–Trinajstić information content (AvgIpc) is 2.89. The van der Waals surface area contributed by atoms with Gasteiger partial charge in [0.15, 0.2) is 0 Å². The van der Waals surface area contributed by atoms with Crippen LogP contribution in [-0.4, -0.2) is 40.6 Å². The van der Waals surface area contributed by atoms with Gasteiger partial charge in [0.1, 0.15) is 10.6 Å². The Morgan fingerprint density at radius 3 is 2.37 bits per heavy atom. The zero-order valence-corrected chi connectivity index (χ0v) is 22.4. The fourth-order valence-electron chi connectivity index (χ4n) is 5.20. The summed E-state index contributed by atoms with van der Waals surface area (Å²) in [7, 11) is -2.69. The van der Waals surface area contributed by atoms with Gasteiger partial charge in [-0.25, -0.2) is 13.1 Å². The molecule has 2 N–H and O–H groups in total. The molecule has 2 aromatic rings. The molecule has 11 heteroatoms.